The van der Waals surface area contributed by atoms with Crippen LogP contribution in [0.5, 0.6) is 0 Å². The van der Waals surface area contributed by atoms with Gasteiger partial charge in [-0.1, -0.05) is 48.8 Å². The third-order valence-electron chi connectivity index (χ3n) is 3.86. The van der Waals surface area contributed by atoms with E-state index in [9.17, 15) is 9.59 Å². The summed E-state index contributed by atoms with van der Waals surface area (Å²) in [6.45, 7) is 9.39. The van der Waals surface area contributed by atoms with Crippen molar-refractivity contribution in [1.29, 1.82) is 0 Å². The van der Waals surface area contributed by atoms with Gasteiger partial charge in [0.05, 0.1) is 5.69 Å². The van der Waals surface area contributed by atoms with Gasteiger partial charge in [0, 0.05) is 12.5 Å². The highest BCUT2D eigenvalue weighted by atomic mass is 16.5. The van der Waals surface area contributed by atoms with E-state index in [0.717, 1.165) is 11.1 Å². The predicted octanol–water partition coefficient (Wildman–Crippen LogP) is 3.28. The molecule has 6 nitrogen and oxygen atoms in total. The van der Waals surface area contributed by atoms with Crippen LogP contribution in [0.2, 0.25) is 0 Å². The van der Waals surface area contributed by atoms with Crippen LogP contribution in [0.1, 0.15) is 59.6 Å². The van der Waals surface area contributed by atoms with Crippen LogP contribution in [0, 0.1) is 13.8 Å². The number of benzene rings is 1. The van der Waals surface area contributed by atoms with Crippen molar-refractivity contribution in [2.45, 2.75) is 53.2 Å². The Balaban J connectivity index is 1.95. The number of hydrogen-bond acceptors (Lipinski definition) is 5. The molecule has 0 saturated carbocycles. The fourth-order valence-corrected chi connectivity index (χ4v) is 2.34. The molecule has 0 aliphatic rings. The number of aromatic nitrogens is 1. The highest BCUT2D eigenvalue weighted by molar-refractivity contribution is 5.94. The summed E-state index contributed by atoms with van der Waals surface area (Å²) in [6.07, 6.45) is -0.910. The summed E-state index contributed by atoms with van der Waals surface area (Å²) in [5.41, 5.74) is 2.89. The summed E-state index contributed by atoms with van der Waals surface area (Å²) in [5, 5.41) is 6.58. The number of ether oxygens (including phenoxy) is 1. The molecular formula is C19H24N2O4. The number of carbonyl (C=O) groups excluding carboxylic acids is 2. The Morgan fingerprint density at radius 2 is 1.80 bits per heavy atom. The maximum atomic E-state index is 12.4. The molecule has 0 unspecified atom stereocenters. The first kappa shape index (κ1) is 18.7. The van der Waals surface area contributed by atoms with E-state index >= 15 is 0 Å². The summed E-state index contributed by atoms with van der Waals surface area (Å²) in [6, 6.07) is 7.85. The maximum absolute atomic E-state index is 12.4. The molecular weight excluding hydrogens is 320 g/mol. The number of rotatable bonds is 6. The van der Waals surface area contributed by atoms with E-state index in [-0.39, 0.29) is 11.8 Å². The highest BCUT2D eigenvalue weighted by Gasteiger charge is 2.27. The molecule has 1 aromatic carbocycles. The van der Waals surface area contributed by atoms with Crippen molar-refractivity contribution in [3.8, 4) is 0 Å². The maximum Gasteiger partial charge on any atom is 0.344 e. The molecule has 25 heavy (non-hydrogen) atoms. The van der Waals surface area contributed by atoms with Crippen molar-refractivity contribution in [1.82, 2.24) is 10.5 Å². The van der Waals surface area contributed by atoms with Crippen molar-refractivity contribution < 1.29 is 18.8 Å². The van der Waals surface area contributed by atoms with Crippen LogP contribution in [0.25, 0.3) is 0 Å². The molecule has 2 aromatic rings. The number of esters is 1. The van der Waals surface area contributed by atoms with Crippen LogP contribution in [-0.4, -0.2) is 23.1 Å². The lowest BCUT2D eigenvalue weighted by atomic mass is 10.1. The number of carbonyl (C=O) groups is 2. The molecule has 1 aromatic heterocycles. The van der Waals surface area contributed by atoms with Crippen LogP contribution in [0.15, 0.2) is 28.8 Å². The van der Waals surface area contributed by atoms with E-state index in [4.69, 9.17) is 9.26 Å². The summed E-state index contributed by atoms with van der Waals surface area (Å²) < 4.78 is 10.5. The topological polar surface area (TPSA) is 81.4 Å². The lowest BCUT2D eigenvalue weighted by molar-refractivity contribution is -0.129. The van der Waals surface area contributed by atoms with E-state index < -0.39 is 12.1 Å². The summed E-state index contributed by atoms with van der Waals surface area (Å²) >= 11 is 0. The normalized spacial score (nSPS) is 12.1. The molecule has 2 rings (SSSR count). The van der Waals surface area contributed by atoms with Gasteiger partial charge in [-0.2, -0.15) is 0 Å². The standard InChI is InChI=1S/C19H24N2O4/c1-11(2)17-16(13(4)21-25-17)19(23)24-14(5)18(22)20-10-15-8-6-12(3)7-9-15/h6-9,11,14H,10H2,1-5H3,(H,20,22)/t14-/m1/s1. The molecule has 0 aliphatic carbocycles. The van der Waals surface area contributed by atoms with Crippen LogP contribution in [0.4, 0.5) is 0 Å². The summed E-state index contributed by atoms with van der Waals surface area (Å²) in [7, 11) is 0. The fourth-order valence-electron chi connectivity index (χ4n) is 2.34. The second-order valence-corrected chi connectivity index (χ2v) is 6.41. The fraction of sp³-hybridized carbons (Fsp3) is 0.421. The van der Waals surface area contributed by atoms with Gasteiger partial charge in [0.15, 0.2) is 11.9 Å². The van der Waals surface area contributed by atoms with Crippen LogP contribution in [0.3, 0.4) is 0 Å². The van der Waals surface area contributed by atoms with Crippen LogP contribution >= 0.6 is 0 Å². The number of hydrogen-bond donors (Lipinski definition) is 1. The second kappa shape index (κ2) is 7.96. The Morgan fingerprint density at radius 3 is 2.40 bits per heavy atom. The van der Waals surface area contributed by atoms with Crippen LogP contribution in [-0.2, 0) is 16.1 Å². The molecule has 0 spiro atoms. The van der Waals surface area contributed by atoms with Crippen molar-refractivity contribution in [3.05, 3.63) is 52.4 Å². The monoisotopic (exact) mass is 344 g/mol. The van der Waals surface area contributed by atoms with Crippen molar-refractivity contribution in [2.75, 3.05) is 0 Å². The molecule has 0 aliphatic heterocycles. The van der Waals surface area contributed by atoms with E-state index in [2.05, 4.69) is 10.5 Å². The Bertz CT molecular complexity index is 747. The smallest absolute Gasteiger partial charge is 0.344 e. The number of amides is 1. The Hall–Kier alpha value is -2.63. The molecule has 1 atom stereocenters. The van der Waals surface area contributed by atoms with Gasteiger partial charge in [-0.05, 0) is 26.3 Å². The zero-order valence-electron chi connectivity index (χ0n) is 15.3. The quantitative estimate of drug-likeness (QED) is 0.813. The van der Waals surface area contributed by atoms with Gasteiger partial charge in [-0.25, -0.2) is 4.79 Å². The third kappa shape index (κ3) is 4.68. The Labute approximate surface area is 147 Å². The van der Waals surface area contributed by atoms with E-state index in [1.165, 1.54) is 0 Å². The second-order valence-electron chi connectivity index (χ2n) is 6.41. The van der Waals surface area contributed by atoms with Gasteiger partial charge >= 0.3 is 5.97 Å². The highest BCUT2D eigenvalue weighted by Crippen LogP contribution is 2.23. The molecule has 0 saturated heterocycles. The van der Waals surface area contributed by atoms with E-state index in [1.807, 2.05) is 45.0 Å². The molecule has 0 radical (unpaired) electrons. The molecule has 1 N–H and O–H groups in total. The summed E-state index contributed by atoms with van der Waals surface area (Å²) in [5.74, 6) is -0.487. The first-order valence-corrected chi connectivity index (χ1v) is 8.30. The van der Waals surface area contributed by atoms with Crippen molar-refractivity contribution >= 4 is 11.9 Å². The third-order valence-corrected chi connectivity index (χ3v) is 3.86. The first-order valence-electron chi connectivity index (χ1n) is 8.30. The minimum Gasteiger partial charge on any atom is -0.449 e. The van der Waals surface area contributed by atoms with Gasteiger partial charge < -0.3 is 14.6 Å². The minimum absolute atomic E-state index is 0.00517. The largest absolute Gasteiger partial charge is 0.449 e. The van der Waals surface area contributed by atoms with Gasteiger partial charge in [0.25, 0.3) is 5.91 Å². The number of aryl methyl sites for hydroxylation is 2. The minimum atomic E-state index is -0.910. The van der Waals surface area contributed by atoms with Gasteiger partial charge in [-0.3, -0.25) is 4.79 Å². The SMILES string of the molecule is Cc1ccc(CNC(=O)[C@@H](C)OC(=O)c2c(C)noc2C(C)C)cc1. The molecule has 1 amide bonds. The van der Waals surface area contributed by atoms with E-state index in [1.54, 1.807) is 13.8 Å². The summed E-state index contributed by atoms with van der Waals surface area (Å²) in [4.78, 5) is 24.5. The average Bonchev–Trinajstić information content (AvgIpc) is 2.96. The lowest BCUT2D eigenvalue weighted by Gasteiger charge is -2.14. The van der Waals surface area contributed by atoms with Gasteiger partial charge in [-0.15, -0.1) is 0 Å². The average molecular weight is 344 g/mol. The van der Waals surface area contributed by atoms with E-state index in [0.29, 0.717) is 23.6 Å². The number of nitrogens with zero attached hydrogens (tertiary/aromatic N) is 1. The molecule has 134 valence electrons. The van der Waals surface area contributed by atoms with Gasteiger partial charge in [0.2, 0.25) is 0 Å². The molecule has 1 heterocycles. The Kier molecular flexibility index (Phi) is 5.96. The molecule has 0 fully saturated rings. The first-order chi connectivity index (χ1) is 11.8. The van der Waals surface area contributed by atoms with Gasteiger partial charge in [0.1, 0.15) is 5.56 Å². The zero-order chi connectivity index (χ0) is 18.6. The van der Waals surface area contributed by atoms with Crippen LogP contribution < -0.4 is 5.32 Å². The lowest BCUT2D eigenvalue weighted by Crippen LogP contribution is -2.35. The van der Waals surface area contributed by atoms with Crippen molar-refractivity contribution in [2.24, 2.45) is 0 Å². The molecule has 0 bridgehead atoms. The number of nitrogens with one attached hydrogen (secondary N) is 1. The zero-order valence-corrected chi connectivity index (χ0v) is 15.3. The van der Waals surface area contributed by atoms with Crippen molar-refractivity contribution in [3.63, 3.8) is 0 Å². The predicted molar refractivity (Wildman–Crippen MR) is 93.2 cm³/mol. The Morgan fingerprint density at radius 1 is 1.16 bits per heavy atom. The molecule has 6 heteroatoms.